The molecule has 2 aromatic heterocycles. The van der Waals surface area contributed by atoms with E-state index in [1.165, 1.54) is 10.6 Å². The minimum Gasteiger partial charge on any atom is -0.395 e. The summed E-state index contributed by atoms with van der Waals surface area (Å²) in [7, 11) is 0. The number of aliphatic hydroxyl groups is 1. The van der Waals surface area contributed by atoms with Gasteiger partial charge in [0, 0.05) is 11.0 Å². The van der Waals surface area contributed by atoms with Gasteiger partial charge in [0.1, 0.15) is 19.5 Å². The number of halogens is 4. The zero-order chi connectivity index (χ0) is 26.2. The molecular formula is C26H38AlBBr2Cl2N3NaO. The molecule has 37 heavy (non-hydrogen) atoms. The van der Waals surface area contributed by atoms with Crippen molar-refractivity contribution in [3.8, 4) is 6.07 Å². The average Bonchev–Trinajstić information content (AvgIpc) is 3.70. The monoisotopic (exact) mass is 697 g/mol. The van der Waals surface area contributed by atoms with E-state index < -0.39 is 0 Å². The summed E-state index contributed by atoms with van der Waals surface area (Å²) in [5.41, 5.74) is 1.40. The van der Waals surface area contributed by atoms with Crippen molar-refractivity contribution in [3.63, 3.8) is 0 Å². The molecule has 0 saturated heterocycles. The van der Waals surface area contributed by atoms with Crippen LogP contribution < -0.4 is 29.6 Å². The molecule has 1 N–H and O–H groups in total. The Labute approximate surface area is 279 Å². The van der Waals surface area contributed by atoms with Gasteiger partial charge in [0.25, 0.3) is 0 Å². The first-order chi connectivity index (χ1) is 16.5. The molecule has 4 nitrogen and oxygen atoms in total. The van der Waals surface area contributed by atoms with Gasteiger partial charge >= 0.3 is 29.6 Å². The smallest absolute Gasteiger partial charge is 0.395 e. The summed E-state index contributed by atoms with van der Waals surface area (Å²) < 4.78 is 1.44. The van der Waals surface area contributed by atoms with Crippen LogP contribution in [-0.2, 0) is 10.8 Å². The number of hydrogen-bond donors (Lipinski definition) is 1. The van der Waals surface area contributed by atoms with E-state index in [-0.39, 0.29) is 55.4 Å². The van der Waals surface area contributed by atoms with E-state index >= 15 is 0 Å². The number of pyridine rings is 2. The summed E-state index contributed by atoms with van der Waals surface area (Å²) in [5.74, 6) is 1.91. The van der Waals surface area contributed by atoms with E-state index in [0.717, 1.165) is 53.2 Å². The van der Waals surface area contributed by atoms with Crippen LogP contribution in [0, 0.1) is 23.2 Å². The zero-order valence-electron chi connectivity index (χ0n) is 21.9. The van der Waals surface area contributed by atoms with Crippen molar-refractivity contribution >= 4 is 78.7 Å². The predicted molar refractivity (Wildman–Crippen MR) is 166 cm³/mol. The maximum Gasteiger partial charge on any atom is 1.00 e. The third-order valence-corrected chi connectivity index (χ3v) is 11.0. The molecule has 0 bridgehead atoms. The molecule has 2 saturated carbocycles. The van der Waals surface area contributed by atoms with E-state index in [4.69, 9.17) is 28.5 Å². The zero-order valence-corrected chi connectivity index (χ0v) is 30.0. The number of nitriles is 1. The quantitative estimate of drug-likeness (QED) is 0.354. The molecule has 0 unspecified atom stereocenters. The SMILES string of the molecule is CC(C)[CH2][AlH][CH2]C(C)C.N#CC1(c2ccc(Br)nc2Cl)CC1.OCC1(c2ccc(Br)nc2Cl)CC1.[BH4-].[Na+]. The van der Waals surface area contributed by atoms with Crippen LogP contribution in [0.5, 0.6) is 0 Å². The second-order valence-electron chi connectivity index (χ2n) is 10.3. The van der Waals surface area contributed by atoms with Crippen molar-refractivity contribution in [1.82, 2.24) is 9.97 Å². The van der Waals surface area contributed by atoms with Gasteiger partial charge in [0.15, 0.2) is 0 Å². The Morgan fingerprint density at radius 2 is 1.35 bits per heavy atom. The summed E-state index contributed by atoms with van der Waals surface area (Å²) in [5, 5.41) is 22.2. The Balaban J connectivity index is 0.000000523. The predicted octanol–water partition coefficient (Wildman–Crippen LogP) is 3.70. The first-order valence-corrected chi connectivity index (χ1v) is 16.5. The Kier molecular flexibility index (Phi) is 18.1. The fourth-order valence-corrected chi connectivity index (χ4v) is 7.12. The minimum atomic E-state index is -0.342. The van der Waals surface area contributed by atoms with Crippen LogP contribution in [0.3, 0.4) is 0 Å². The average molecular weight is 700 g/mol. The summed E-state index contributed by atoms with van der Waals surface area (Å²) in [6.07, 6.45) is 3.80. The third kappa shape index (κ3) is 12.1. The molecule has 0 aliphatic heterocycles. The van der Waals surface area contributed by atoms with E-state index in [1.54, 1.807) is 0 Å². The number of rotatable bonds is 7. The van der Waals surface area contributed by atoms with Crippen LogP contribution in [0.4, 0.5) is 0 Å². The Bertz CT molecular complexity index is 1030. The molecule has 0 spiro atoms. The van der Waals surface area contributed by atoms with Gasteiger partial charge in [-0.25, -0.2) is 9.97 Å². The van der Waals surface area contributed by atoms with E-state index in [2.05, 4.69) is 75.6 Å². The van der Waals surface area contributed by atoms with Gasteiger partial charge in [0.2, 0.25) is 15.2 Å². The first-order valence-electron chi connectivity index (χ1n) is 12.2. The van der Waals surface area contributed by atoms with Crippen molar-refractivity contribution < 1.29 is 34.7 Å². The molecule has 2 fully saturated rings. The van der Waals surface area contributed by atoms with Crippen molar-refractivity contribution in [2.45, 2.75) is 74.8 Å². The van der Waals surface area contributed by atoms with Gasteiger partial charge in [-0.3, -0.25) is 0 Å². The Hall–Kier alpha value is 0.887. The molecule has 11 heteroatoms. The van der Waals surface area contributed by atoms with Crippen LogP contribution in [0.2, 0.25) is 20.9 Å². The Morgan fingerprint density at radius 3 is 1.65 bits per heavy atom. The molecule has 0 atom stereocenters. The summed E-state index contributed by atoms with van der Waals surface area (Å²) >= 11 is 18.7. The second-order valence-corrected chi connectivity index (χ2v) is 14.5. The van der Waals surface area contributed by atoms with Crippen molar-refractivity contribution in [2.75, 3.05) is 6.61 Å². The molecule has 0 radical (unpaired) electrons. The van der Waals surface area contributed by atoms with Gasteiger partial charge in [-0.1, -0.05) is 93.8 Å². The summed E-state index contributed by atoms with van der Waals surface area (Å²) in [6, 6.07) is 9.77. The fourth-order valence-electron chi connectivity index (χ4n) is 3.74. The second kappa shape index (κ2) is 17.6. The van der Waals surface area contributed by atoms with Crippen molar-refractivity contribution in [1.29, 1.82) is 5.26 Å². The summed E-state index contributed by atoms with van der Waals surface area (Å²) in [4.78, 5) is 8.16. The first kappa shape index (κ1) is 37.9. The van der Waals surface area contributed by atoms with Crippen LogP contribution in [0.1, 0.15) is 64.5 Å². The Morgan fingerprint density at radius 1 is 0.919 bits per heavy atom. The summed E-state index contributed by atoms with van der Waals surface area (Å²) in [6.45, 7) is 9.47. The minimum absolute atomic E-state index is 0. The number of aromatic nitrogens is 2. The molecule has 2 aliphatic carbocycles. The molecule has 4 rings (SSSR count). The standard InChI is InChI=1S/C9H6BrClN2.C9H9BrClNO.2C4H9.Al.BH4.Na.H/c10-7-2-1-6(8(11)13-7)9(5-12)3-4-9;10-7-2-1-6(8(11)12-7)9(5-13)3-4-9;2*1-4(2)3;;;;/h1-2H,3-4H2;1-2,13H,3-5H2;2*4H,1H2,2-3H3;;1H4;;/q;;;;;-1;+1;. The normalized spacial score (nSPS) is 15.5. The largest absolute Gasteiger partial charge is 1.00 e. The molecule has 198 valence electrons. The maximum atomic E-state index is 9.21. The van der Waals surface area contributed by atoms with Crippen LogP contribution in [0.25, 0.3) is 0 Å². The van der Waals surface area contributed by atoms with E-state index in [9.17, 15) is 5.11 Å². The number of hydrogen-bond acceptors (Lipinski definition) is 4. The molecule has 2 aromatic rings. The topological polar surface area (TPSA) is 69.8 Å². The fraction of sp³-hybridized carbons (Fsp3) is 0.577. The molecule has 0 amide bonds. The van der Waals surface area contributed by atoms with Gasteiger partial charge in [-0.15, -0.1) is 0 Å². The molecular weight excluding hydrogens is 662 g/mol. The number of aliphatic hydroxyl groups excluding tert-OH is 1. The molecule has 0 aromatic carbocycles. The van der Waals surface area contributed by atoms with E-state index in [0.29, 0.717) is 30.1 Å². The van der Waals surface area contributed by atoms with Gasteiger partial charge < -0.3 is 5.11 Å². The van der Waals surface area contributed by atoms with Crippen LogP contribution >= 0.6 is 55.1 Å². The van der Waals surface area contributed by atoms with Crippen molar-refractivity contribution in [3.05, 3.63) is 54.9 Å². The van der Waals surface area contributed by atoms with Crippen LogP contribution in [0.15, 0.2) is 33.5 Å². The maximum absolute atomic E-state index is 9.21. The van der Waals surface area contributed by atoms with E-state index in [1.807, 2.05) is 24.3 Å². The van der Waals surface area contributed by atoms with Gasteiger partial charge in [0.05, 0.1) is 18.1 Å². The van der Waals surface area contributed by atoms with Gasteiger partial charge in [-0.05, 0) is 75.2 Å². The molecule has 2 heterocycles. The van der Waals surface area contributed by atoms with Gasteiger partial charge in [-0.2, -0.15) is 5.26 Å². The van der Waals surface area contributed by atoms with Crippen LogP contribution in [-0.4, -0.2) is 45.3 Å². The van der Waals surface area contributed by atoms with Crippen molar-refractivity contribution in [2.24, 2.45) is 11.8 Å². The third-order valence-electron chi connectivity index (χ3n) is 6.40. The number of nitrogens with zero attached hydrogens (tertiary/aromatic N) is 3. The molecule has 2 aliphatic rings.